The highest BCUT2D eigenvalue weighted by Crippen LogP contribution is 2.39. The molecule has 2 nitrogen and oxygen atoms in total. The minimum Gasteiger partial charge on any atom is -0.374 e. The fraction of sp³-hybridized carbons (Fsp3) is 0.600. The Kier molecular flexibility index (Phi) is 3.72. The largest absolute Gasteiger partial charge is 0.374 e. The van der Waals surface area contributed by atoms with E-state index in [1.807, 2.05) is 0 Å². The van der Waals surface area contributed by atoms with Crippen LogP contribution in [0.1, 0.15) is 24.5 Å². The fourth-order valence-corrected chi connectivity index (χ4v) is 2.55. The highest BCUT2D eigenvalue weighted by molar-refractivity contribution is 5.54. The summed E-state index contributed by atoms with van der Waals surface area (Å²) in [6, 6.07) is 6.71. The molecule has 2 atom stereocenters. The van der Waals surface area contributed by atoms with Gasteiger partial charge in [0.25, 0.3) is 0 Å². The van der Waals surface area contributed by atoms with Gasteiger partial charge in [-0.2, -0.15) is 0 Å². The Labute approximate surface area is 105 Å². The summed E-state index contributed by atoms with van der Waals surface area (Å²) in [5.74, 6) is 1.81. The minimum atomic E-state index is 0.726. The van der Waals surface area contributed by atoms with E-state index in [9.17, 15) is 0 Å². The third-order valence-electron chi connectivity index (χ3n) is 3.84. The van der Waals surface area contributed by atoms with E-state index in [4.69, 9.17) is 5.73 Å². The number of nitrogens with zero attached hydrogens (tertiary/aromatic N) is 1. The van der Waals surface area contributed by atoms with Crippen LogP contribution >= 0.6 is 0 Å². The average Bonchev–Trinajstić information content (AvgIpc) is 2.94. The van der Waals surface area contributed by atoms with Gasteiger partial charge in [-0.05, 0) is 49.8 Å². The molecule has 2 unspecified atom stereocenters. The van der Waals surface area contributed by atoms with Crippen LogP contribution in [0.15, 0.2) is 18.2 Å². The number of rotatable bonds is 5. The van der Waals surface area contributed by atoms with Crippen LogP contribution < -0.4 is 10.6 Å². The van der Waals surface area contributed by atoms with Gasteiger partial charge in [0.2, 0.25) is 0 Å². The molecule has 2 N–H and O–H groups in total. The van der Waals surface area contributed by atoms with Gasteiger partial charge in [-0.3, -0.25) is 0 Å². The SMILES string of the molecule is Cc1ccc(N(C)CC2CC2C)c(CCN)c1. The van der Waals surface area contributed by atoms with E-state index in [0.717, 1.165) is 24.8 Å². The number of hydrogen-bond acceptors (Lipinski definition) is 2. The van der Waals surface area contributed by atoms with Crippen molar-refractivity contribution in [3.8, 4) is 0 Å². The standard InChI is InChI=1S/C15H24N2/c1-11-4-5-15(13(8-11)6-7-16)17(3)10-14-9-12(14)2/h4-5,8,12,14H,6-7,9-10,16H2,1-3H3. The van der Waals surface area contributed by atoms with Crippen molar-refractivity contribution in [2.24, 2.45) is 17.6 Å². The van der Waals surface area contributed by atoms with Crippen LogP contribution in [-0.2, 0) is 6.42 Å². The molecule has 0 amide bonds. The topological polar surface area (TPSA) is 29.3 Å². The van der Waals surface area contributed by atoms with Gasteiger partial charge in [0.05, 0.1) is 0 Å². The number of anilines is 1. The van der Waals surface area contributed by atoms with Gasteiger partial charge in [-0.15, -0.1) is 0 Å². The molecule has 1 aliphatic rings. The number of benzene rings is 1. The first-order valence-electron chi connectivity index (χ1n) is 6.62. The zero-order chi connectivity index (χ0) is 12.4. The van der Waals surface area contributed by atoms with Crippen molar-refractivity contribution in [3.63, 3.8) is 0 Å². The number of nitrogens with two attached hydrogens (primary N) is 1. The summed E-state index contributed by atoms with van der Waals surface area (Å²) >= 11 is 0. The van der Waals surface area contributed by atoms with Gasteiger partial charge in [-0.1, -0.05) is 24.6 Å². The van der Waals surface area contributed by atoms with E-state index >= 15 is 0 Å². The average molecular weight is 232 g/mol. The predicted octanol–water partition coefficient (Wildman–Crippen LogP) is 2.59. The fourth-order valence-electron chi connectivity index (χ4n) is 2.55. The smallest absolute Gasteiger partial charge is 0.0396 e. The lowest BCUT2D eigenvalue weighted by Gasteiger charge is -2.23. The zero-order valence-corrected chi connectivity index (χ0v) is 11.2. The third kappa shape index (κ3) is 3.01. The summed E-state index contributed by atoms with van der Waals surface area (Å²) in [5, 5.41) is 0. The van der Waals surface area contributed by atoms with Crippen molar-refractivity contribution in [3.05, 3.63) is 29.3 Å². The van der Waals surface area contributed by atoms with Crippen LogP contribution in [0.25, 0.3) is 0 Å². The van der Waals surface area contributed by atoms with Crippen LogP contribution in [0, 0.1) is 18.8 Å². The molecule has 1 saturated carbocycles. The van der Waals surface area contributed by atoms with Gasteiger partial charge in [0.15, 0.2) is 0 Å². The summed E-state index contributed by atoms with van der Waals surface area (Å²) in [5.41, 5.74) is 9.77. The van der Waals surface area contributed by atoms with Gasteiger partial charge >= 0.3 is 0 Å². The zero-order valence-electron chi connectivity index (χ0n) is 11.2. The second-order valence-electron chi connectivity index (χ2n) is 5.52. The van der Waals surface area contributed by atoms with Crippen molar-refractivity contribution in [1.82, 2.24) is 0 Å². The molecule has 94 valence electrons. The molecule has 0 saturated heterocycles. The lowest BCUT2D eigenvalue weighted by Crippen LogP contribution is -2.22. The van der Waals surface area contributed by atoms with E-state index in [1.165, 1.54) is 29.8 Å². The van der Waals surface area contributed by atoms with Crippen molar-refractivity contribution in [2.45, 2.75) is 26.7 Å². The van der Waals surface area contributed by atoms with E-state index in [0.29, 0.717) is 0 Å². The normalized spacial score (nSPS) is 22.6. The molecule has 0 aromatic heterocycles. The quantitative estimate of drug-likeness (QED) is 0.845. The first-order valence-corrected chi connectivity index (χ1v) is 6.62. The lowest BCUT2D eigenvalue weighted by molar-refractivity contribution is 0.722. The molecular weight excluding hydrogens is 208 g/mol. The van der Waals surface area contributed by atoms with Gasteiger partial charge < -0.3 is 10.6 Å². The van der Waals surface area contributed by atoms with Crippen molar-refractivity contribution in [2.75, 3.05) is 25.0 Å². The second-order valence-corrected chi connectivity index (χ2v) is 5.52. The summed E-state index contributed by atoms with van der Waals surface area (Å²) in [7, 11) is 2.20. The maximum atomic E-state index is 5.70. The molecule has 1 aromatic rings. The molecule has 2 rings (SSSR count). The highest BCUT2D eigenvalue weighted by atomic mass is 15.1. The van der Waals surface area contributed by atoms with Crippen LogP contribution in [0.4, 0.5) is 5.69 Å². The Morgan fingerprint density at radius 2 is 2.12 bits per heavy atom. The molecule has 1 fully saturated rings. The van der Waals surface area contributed by atoms with Crippen molar-refractivity contribution in [1.29, 1.82) is 0 Å². The Hall–Kier alpha value is -1.02. The molecule has 17 heavy (non-hydrogen) atoms. The maximum Gasteiger partial charge on any atom is 0.0396 e. The second kappa shape index (κ2) is 5.09. The van der Waals surface area contributed by atoms with Gasteiger partial charge in [0, 0.05) is 19.3 Å². The summed E-state index contributed by atoms with van der Waals surface area (Å²) in [4.78, 5) is 2.40. The van der Waals surface area contributed by atoms with Gasteiger partial charge in [0.1, 0.15) is 0 Å². The van der Waals surface area contributed by atoms with Crippen molar-refractivity contribution < 1.29 is 0 Å². The van der Waals surface area contributed by atoms with Crippen LogP contribution in [0.3, 0.4) is 0 Å². The Bertz CT molecular complexity index is 387. The Morgan fingerprint density at radius 1 is 1.41 bits per heavy atom. The molecule has 0 radical (unpaired) electrons. The van der Waals surface area contributed by atoms with E-state index in [2.05, 4.69) is 44.0 Å². The molecule has 0 heterocycles. The first-order chi connectivity index (χ1) is 8.11. The summed E-state index contributed by atoms with van der Waals surface area (Å²) in [6.07, 6.45) is 2.37. The number of hydrogen-bond donors (Lipinski definition) is 1. The van der Waals surface area contributed by atoms with Crippen LogP contribution in [0.2, 0.25) is 0 Å². The monoisotopic (exact) mass is 232 g/mol. The third-order valence-corrected chi connectivity index (χ3v) is 3.84. The van der Waals surface area contributed by atoms with Crippen LogP contribution in [0.5, 0.6) is 0 Å². The van der Waals surface area contributed by atoms with E-state index in [-0.39, 0.29) is 0 Å². The first kappa shape index (κ1) is 12.4. The highest BCUT2D eigenvalue weighted by Gasteiger charge is 2.33. The minimum absolute atomic E-state index is 0.726. The molecule has 1 aliphatic carbocycles. The Balaban J connectivity index is 2.12. The van der Waals surface area contributed by atoms with Crippen molar-refractivity contribution >= 4 is 5.69 Å². The molecule has 0 aliphatic heterocycles. The number of aryl methyl sites for hydroxylation is 1. The van der Waals surface area contributed by atoms with E-state index in [1.54, 1.807) is 0 Å². The molecular formula is C15H24N2. The predicted molar refractivity (Wildman–Crippen MR) is 74.5 cm³/mol. The lowest BCUT2D eigenvalue weighted by atomic mass is 10.1. The summed E-state index contributed by atoms with van der Waals surface area (Å²) < 4.78 is 0. The maximum absolute atomic E-state index is 5.70. The molecule has 2 heteroatoms. The Morgan fingerprint density at radius 3 is 2.71 bits per heavy atom. The molecule has 0 bridgehead atoms. The van der Waals surface area contributed by atoms with E-state index < -0.39 is 0 Å². The molecule has 0 spiro atoms. The van der Waals surface area contributed by atoms with Crippen LogP contribution in [-0.4, -0.2) is 20.1 Å². The summed E-state index contributed by atoms with van der Waals surface area (Å²) in [6.45, 7) is 6.40. The molecule has 1 aromatic carbocycles. The van der Waals surface area contributed by atoms with Gasteiger partial charge in [-0.25, -0.2) is 0 Å².